The van der Waals surface area contributed by atoms with E-state index in [0.29, 0.717) is 22.9 Å². The van der Waals surface area contributed by atoms with Crippen LogP contribution in [0.4, 0.5) is 5.69 Å². The molecule has 0 spiro atoms. The highest BCUT2D eigenvalue weighted by molar-refractivity contribution is 6.03. The van der Waals surface area contributed by atoms with Crippen LogP contribution in [0.5, 0.6) is 11.6 Å². The number of hydrogen-bond acceptors (Lipinski definition) is 5. The van der Waals surface area contributed by atoms with Crippen molar-refractivity contribution in [2.75, 3.05) is 5.32 Å². The molecule has 23 heavy (non-hydrogen) atoms. The van der Waals surface area contributed by atoms with Crippen molar-refractivity contribution in [3.8, 4) is 11.6 Å². The van der Waals surface area contributed by atoms with Gasteiger partial charge in [-0.25, -0.2) is 4.98 Å². The van der Waals surface area contributed by atoms with E-state index in [1.807, 2.05) is 19.1 Å². The van der Waals surface area contributed by atoms with Crippen LogP contribution in [0.1, 0.15) is 16.1 Å². The standard InChI is InChI=1S/C17H14N4O2/c1-12-4-6-15(11-19-12)23-16-7-5-13(9-20-16)17(22)21-14-3-2-8-18-10-14/h2-11H,1H3,(H,21,22). The van der Waals surface area contributed by atoms with Crippen LogP contribution in [0.15, 0.2) is 61.2 Å². The van der Waals surface area contributed by atoms with Gasteiger partial charge in [-0.15, -0.1) is 0 Å². The van der Waals surface area contributed by atoms with Crippen LogP contribution < -0.4 is 10.1 Å². The van der Waals surface area contributed by atoms with E-state index < -0.39 is 0 Å². The molecule has 3 aromatic rings. The molecule has 0 saturated carbocycles. The van der Waals surface area contributed by atoms with Gasteiger partial charge in [0, 0.05) is 24.2 Å². The van der Waals surface area contributed by atoms with Gasteiger partial charge >= 0.3 is 0 Å². The number of pyridine rings is 3. The van der Waals surface area contributed by atoms with Gasteiger partial charge in [0.1, 0.15) is 5.75 Å². The highest BCUT2D eigenvalue weighted by atomic mass is 16.5. The maximum atomic E-state index is 12.1. The van der Waals surface area contributed by atoms with Crippen LogP contribution >= 0.6 is 0 Å². The Bertz CT molecular complexity index is 787. The number of nitrogens with one attached hydrogen (secondary N) is 1. The third kappa shape index (κ3) is 3.88. The molecule has 0 bridgehead atoms. The Balaban J connectivity index is 1.66. The summed E-state index contributed by atoms with van der Waals surface area (Å²) in [5.74, 6) is 0.735. The van der Waals surface area contributed by atoms with Gasteiger partial charge in [0.05, 0.1) is 23.6 Å². The lowest BCUT2D eigenvalue weighted by molar-refractivity contribution is 0.102. The number of amides is 1. The van der Waals surface area contributed by atoms with E-state index in [0.717, 1.165) is 5.69 Å². The smallest absolute Gasteiger partial charge is 0.257 e. The lowest BCUT2D eigenvalue weighted by Gasteiger charge is -2.06. The number of anilines is 1. The Labute approximate surface area is 133 Å². The molecule has 3 heterocycles. The first-order valence-electron chi connectivity index (χ1n) is 6.99. The number of carbonyl (C=O) groups is 1. The van der Waals surface area contributed by atoms with Crippen molar-refractivity contribution in [3.05, 3.63) is 72.4 Å². The van der Waals surface area contributed by atoms with Crippen molar-refractivity contribution in [3.63, 3.8) is 0 Å². The Morgan fingerprint density at radius 2 is 1.96 bits per heavy atom. The molecular weight excluding hydrogens is 292 g/mol. The molecule has 0 aliphatic rings. The van der Waals surface area contributed by atoms with Crippen molar-refractivity contribution in [2.45, 2.75) is 6.92 Å². The molecule has 0 unspecified atom stereocenters. The van der Waals surface area contributed by atoms with Gasteiger partial charge in [0.15, 0.2) is 0 Å². The second kappa shape index (κ2) is 6.65. The van der Waals surface area contributed by atoms with Crippen molar-refractivity contribution in [2.24, 2.45) is 0 Å². The second-order valence-corrected chi connectivity index (χ2v) is 4.82. The zero-order valence-corrected chi connectivity index (χ0v) is 12.4. The normalized spacial score (nSPS) is 10.1. The first-order valence-corrected chi connectivity index (χ1v) is 6.99. The molecule has 6 heteroatoms. The number of rotatable bonds is 4. The average Bonchev–Trinajstić information content (AvgIpc) is 2.58. The van der Waals surface area contributed by atoms with Gasteiger partial charge in [-0.2, -0.15) is 0 Å². The molecule has 6 nitrogen and oxygen atoms in total. The molecule has 0 radical (unpaired) electrons. The Hall–Kier alpha value is -3.28. The number of hydrogen-bond donors (Lipinski definition) is 1. The van der Waals surface area contributed by atoms with Crippen LogP contribution in [0, 0.1) is 6.92 Å². The van der Waals surface area contributed by atoms with Gasteiger partial charge in [0.2, 0.25) is 5.88 Å². The fourth-order valence-electron chi connectivity index (χ4n) is 1.85. The van der Waals surface area contributed by atoms with Crippen LogP contribution in [0.3, 0.4) is 0 Å². The lowest BCUT2D eigenvalue weighted by Crippen LogP contribution is -2.12. The number of aromatic nitrogens is 3. The molecule has 0 saturated heterocycles. The highest BCUT2D eigenvalue weighted by Gasteiger charge is 2.07. The maximum absolute atomic E-state index is 12.1. The minimum atomic E-state index is -0.256. The number of aryl methyl sites for hydroxylation is 1. The fourth-order valence-corrected chi connectivity index (χ4v) is 1.85. The molecule has 0 fully saturated rings. The van der Waals surface area contributed by atoms with Gasteiger partial charge in [-0.1, -0.05) is 0 Å². The van der Waals surface area contributed by atoms with E-state index in [4.69, 9.17) is 4.74 Å². The number of carbonyl (C=O) groups excluding carboxylic acids is 1. The topological polar surface area (TPSA) is 77.0 Å². The SMILES string of the molecule is Cc1ccc(Oc2ccc(C(=O)Nc3cccnc3)cn2)cn1. The number of ether oxygens (including phenoxy) is 1. The molecule has 1 amide bonds. The third-order valence-corrected chi connectivity index (χ3v) is 3.02. The van der Waals surface area contributed by atoms with Gasteiger partial charge < -0.3 is 10.1 Å². The molecule has 3 aromatic heterocycles. The summed E-state index contributed by atoms with van der Waals surface area (Å²) in [6.45, 7) is 1.90. The predicted molar refractivity (Wildman–Crippen MR) is 85.5 cm³/mol. The Kier molecular flexibility index (Phi) is 4.24. The minimum Gasteiger partial charge on any atom is -0.437 e. The molecule has 0 aliphatic heterocycles. The number of nitrogens with zero attached hydrogens (tertiary/aromatic N) is 3. The van der Waals surface area contributed by atoms with Gasteiger partial charge in [0.25, 0.3) is 5.91 Å². The predicted octanol–water partition coefficient (Wildman–Crippen LogP) is 3.22. The summed E-state index contributed by atoms with van der Waals surface area (Å²) in [7, 11) is 0. The van der Waals surface area contributed by atoms with E-state index in [9.17, 15) is 4.79 Å². The zero-order chi connectivity index (χ0) is 16.1. The monoisotopic (exact) mass is 306 g/mol. The van der Waals surface area contributed by atoms with Crippen LogP contribution in [-0.2, 0) is 0 Å². The first-order chi connectivity index (χ1) is 11.2. The molecular formula is C17H14N4O2. The quantitative estimate of drug-likeness (QED) is 0.800. The summed E-state index contributed by atoms with van der Waals surface area (Å²) in [4.78, 5) is 24.3. The van der Waals surface area contributed by atoms with Crippen LogP contribution in [0.2, 0.25) is 0 Å². The summed E-state index contributed by atoms with van der Waals surface area (Å²) >= 11 is 0. The average molecular weight is 306 g/mol. The van der Waals surface area contributed by atoms with Gasteiger partial charge in [-0.3, -0.25) is 14.8 Å². The third-order valence-electron chi connectivity index (χ3n) is 3.02. The zero-order valence-electron chi connectivity index (χ0n) is 12.4. The summed E-state index contributed by atoms with van der Waals surface area (Å²) in [6.07, 6.45) is 6.30. The second-order valence-electron chi connectivity index (χ2n) is 4.82. The molecule has 0 aromatic carbocycles. The summed E-state index contributed by atoms with van der Waals surface area (Å²) in [5.41, 5.74) is 1.97. The Morgan fingerprint density at radius 3 is 2.61 bits per heavy atom. The van der Waals surface area contributed by atoms with Crippen LogP contribution in [0.25, 0.3) is 0 Å². The van der Waals surface area contributed by atoms with Crippen molar-refractivity contribution >= 4 is 11.6 Å². The summed E-state index contributed by atoms with van der Waals surface area (Å²) in [5, 5.41) is 2.74. The largest absolute Gasteiger partial charge is 0.437 e. The fraction of sp³-hybridized carbons (Fsp3) is 0.0588. The van der Waals surface area contributed by atoms with E-state index in [2.05, 4.69) is 20.3 Å². The Morgan fingerprint density at radius 1 is 1.04 bits per heavy atom. The van der Waals surface area contributed by atoms with E-state index in [-0.39, 0.29) is 5.91 Å². The van der Waals surface area contributed by atoms with Gasteiger partial charge in [-0.05, 0) is 37.3 Å². The van der Waals surface area contributed by atoms with E-state index >= 15 is 0 Å². The molecule has 0 aliphatic carbocycles. The van der Waals surface area contributed by atoms with Crippen LogP contribution in [-0.4, -0.2) is 20.9 Å². The highest BCUT2D eigenvalue weighted by Crippen LogP contribution is 2.18. The van der Waals surface area contributed by atoms with E-state index in [1.54, 1.807) is 42.9 Å². The van der Waals surface area contributed by atoms with Crippen molar-refractivity contribution in [1.29, 1.82) is 0 Å². The van der Waals surface area contributed by atoms with E-state index in [1.165, 1.54) is 6.20 Å². The summed E-state index contributed by atoms with van der Waals surface area (Å²) in [6, 6.07) is 10.5. The summed E-state index contributed by atoms with van der Waals surface area (Å²) < 4.78 is 5.57. The molecule has 0 atom stereocenters. The molecule has 1 N–H and O–H groups in total. The lowest BCUT2D eigenvalue weighted by atomic mass is 10.2. The molecule has 3 rings (SSSR count). The maximum Gasteiger partial charge on any atom is 0.257 e. The minimum absolute atomic E-state index is 0.256. The first kappa shape index (κ1) is 14.6. The van der Waals surface area contributed by atoms with Crippen molar-refractivity contribution in [1.82, 2.24) is 15.0 Å². The van der Waals surface area contributed by atoms with Crippen molar-refractivity contribution < 1.29 is 9.53 Å². The molecule has 114 valence electrons.